The molecule has 0 unspecified atom stereocenters. The summed E-state index contributed by atoms with van der Waals surface area (Å²) in [7, 11) is 1.36. The van der Waals surface area contributed by atoms with E-state index in [-0.39, 0.29) is 28.6 Å². The van der Waals surface area contributed by atoms with Crippen LogP contribution in [0.3, 0.4) is 0 Å². The molecule has 0 aromatic heterocycles. The van der Waals surface area contributed by atoms with Crippen molar-refractivity contribution >= 4 is 30.1 Å². The zero-order valence-electron chi connectivity index (χ0n) is 23.8. The summed E-state index contributed by atoms with van der Waals surface area (Å²) in [6.45, 7) is -0.576. The molecule has 0 radical (unpaired) electrons. The van der Waals surface area contributed by atoms with Crippen molar-refractivity contribution in [1.82, 2.24) is 0 Å². The minimum atomic E-state index is -1.85. The van der Waals surface area contributed by atoms with E-state index < -0.39 is 55.2 Å². The van der Waals surface area contributed by atoms with Gasteiger partial charge in [0.2, 0.25) is 6.29 Å². The summed E-state index contributed by atoms with van der Waals surface area (Å²) in [5.41, 5.74) is 1.04. The van der Waals surface area contributed by atoms with Crippen LogP contribution < -0.4 is 4.74 Å². The van der Waals surface area contributed by atoms with Gasteiger partial charge in [-0.1, -0.05) is 18.2 Å². The summed E-state index contributed by atoms with van der Waals surface area (Å²) >= 11 is 0. The fourth-order valence-electron chi connectivity index (χ4n) is 4.13. The van der Waals surface area contributed by atoms with Crippen LogP contribution in [0.15, 0.2) is 78.9 Å². The third kappa shape index (κ3) is 8.83. The summed E-state index contributed by atoms with van der Waals surface area (Å²) in [5, 5.41) is 50.3. The van der Waals surface area contributed by atoms with E-state index in [1.165, 1.54) is 73.9 Å². The molecule has 0 saturated carbocycles. The number of benzene rings is 3. The van der Waals surface area contributed by atoms with Gasteiger partial charge in [0.05, 0.1) is 12.7 Å². The fourth-order valence-corrected chi connectivity index (χ4v) is 4.13. The first-order valence-electron chi connectivity index (χ1n) is 13.4. The van der Waals surface area contributed by atoms with Gasteiger partial charge in [-0.15, -0.1) is 0 Å². The largest absolute Gasteiger partial charge is 0.508 e. The summed E-state index contributed by atoms with van der Waals surface area (Å²) in [6.07, 6.45) is -3.61. The first-order valence-corrected chi connectivity index (χ1v) is 13.4. The fraction of sp³-hybridized carbons (Fsp3) is 0.219. The first-order chi connectivity index (χ1) is 21.5. The molecule has 1 aliphatic heterocycles. The number of aromatic hydroxyl groups is 3. The van der Waals surface area contributed by atoms with Gasteiger partial charge in [-0.25, -0.2) is 14.4 Å². The molecule has 0 amide bonds. The lowest BCUT2D eigenvalue weighted by Gasteiger charge is -2.40. The van der Waals surface area contributed by atoms with Crippen LogP contribution >= 0.6 is 0 Å². The van der Waals surface area contributed by atoms with E-state index in [9.17, 15) is 39.9 Å². The zero-order valence-corrected chi connectivity index (χ0v) is 23.8. The van der Waals surface area contributed by atoms with Crippen LogP contribution in [-0.2, 0) is 28.5 Å². The summed E-state index contributed by atoms with van der Waals surface area (Å²) < 4.78 is 26.5. The molecule has 3 aromatic rings. The van der Waals surface area contributed by atoms with Crippen LogP contribution in [0.2, 0.25) is 0 Å². The van der Waals surface area contributed by atoms with Gasteiger partial charge in [-0.05, 0) is 71.8 Å². The third-order valence-corrected chi connectivity index (χ3v) is 6.53. The van der Waals surface area contributed by atoms with E-state index in [1.807, 2.05) is 0 Å². The number of aliphatic hydroxyl groups is 2. The Morgan fingerprint density at radius 1 is 0.778 bits per heavy atom. The number of phenolic OH excluding ortho intramolecular Hbond substituents is 3. The van der Waals surface area contributed by atoms with Crippen molar-refractivity contribution in [2.75, 3.05) is 13.7 Å². The Hall–Kier alpha value is -5.37. The smallest absolute Gasteiger partial charge is 0.340 e. The average molecular weight is 623 g/mol. The van der Waals surface area contributed by atoms with Crippen molar-refractivity contribution in [1.29, 1.82) is 0 Å². The Balaban J connectivity index is 1.47. The van der Waals surface area contributed by atoms with Crippen molar-refractivity contribution < 1.29 is 63.6 Å². The minimum absolute atomic E-state index is 0.00870. The maximum atomic E-state index is 12.8. The number of hydrogen-bond acceptors (Lipinski definition) is 13. The molecule has 236 valence electrons. The van der Waals surface area contributed by atoms with Crippen molar-refractivity contribution in [3.63, 3.8) is 0 Å². The van der Waals surface area contributed by atoms with Crippen molar-refractivity contribution in [2.45, 2.75) is 30.7 Å². The highest BCUT2D eigenvalue weighted by atomic mass is 16.7. The van der Waals surface area contributed by atoms with Gasteiger partial charge < -0.3 is 49.2 Å². The van der Waals surface area contributed by atoms with Crippen LogP contribution in [0.4, 0.5) is 0 Å². The second-order valence-corrected chi connectivity index (χ2v) is 9.70. The Bertz CT molecular complexity index is 1550. The highest BCUT2D eigenvalue weighted by molar-refractivity contribution is 5.90. The van der Waals surface area contributed by atoms with Gasteiger partial charge in [0.1, 0.15) is 36.4 Å². The Kier molecular flexibility index (Phi) is 10.8. The number of methoxy groups -OCH3 is 1. The predicted octanol–water partition coefficient (Wildman–Crippen LogP) is 2.30. The second-order valence-electron chi connectivity index (χ2n) is 9.70. The number of rotatable bonds is 10. The van der Waals surface area contributed by atoms with Crippen LogP contribution in [0.5, 0.6) is 23.0 Å². The quantitative estimate of drug-likeness (QED) is 0.126. The lowest BCUT2D eigenvalue weighted by molar-refractivity contribution is -0.289. The number of hydrogen-bond donors (Lipinski definition) is 5. The standard InChI is InChI=1S/C32H30O13/c1-41-24-16-19(4-13-23(24)35)6-15-27(37)44-30-29(39)28(38)25(17-42-26(36)14-5-18-2-9-21(33)10-3-18)43-32(30)45-31(40)20-7-11-22(34)12-8-20/h2-16,25,28-30,32-35,38-39H,17H2,1H3/t25-,28-,29+,30-,32+/m1/s1. The summed E-state index contributed by atoms with van der Waals surface area (Å²) in [5.74, 6) is -2.80. The molecule has 0 spiro atoms. The summed E-state index contributed by atoms with van der Waals surface area (Å²) in [6, 6.07) is 15.3. The van der Waals surface area contributed by atoms with E-state index in [0.29, 0.717) is 11.1 Å². The number of aliphatic hydroxyl groups excluding tert-OH is 2. The Morgan fingerprint density at radius 2 is 1.38 bits per heavy atom. The zero-order chi connectivity index (χ0) is 32.5. The average Bonchev–Trinajstić information content (AvgIpc) is 3.03. The van der Waals surface area contributed by atoms with Crippen LogP contribution in [0.1, 0.15) is 21.5 Å². The highest BCUT2D eigenvalue weighted by Gasteiger charge is 2.49. The van der Waals surface area contributed by atoms with E-state index in [4.69, 9.17) is 23.7 Å². The Labute approximate surface area is 256 Å². The van der Waals surface area contributed by atoms with Crippen LogP contribution in [0, 0.1) is 0 Å². The van der Waals surface area contributed by atoms with Gasteiger partial charge in [0.15, 0.2) is 17.6 Å². The molecule has 1 heterocycles. The van der Waals surface area contributed by atoms with Gasteiger partial charge in [0.25, 0.3) is 0 Å². The number of carbonyl (C=O) groups is 3. The van der Waals surface area contributed by atoms with E-state index in [2.05, 4.69) is 0 Å². The van der Waals surface area contributed by atoms with Crippen LogP contribution in [-0.4, -0.2) is 87.9 Å². The molecule has 1 aliphatic rings. The maximum absolute atomic E-state index is 12.8. The highest BCUT2D eigenvalue weighted by Crippen LogP contribution is 2.28. The molecule has 1 fully saturated rings. The molecule has 4 rings (SSSR count). The van der Waals surface area contributed by atoms with E-state index >= 15 is 0 Å². The van der Waals surface area contributed by atoms with Crippen molar-refractivity contribution in [3.8, 4) is 23.0 Å². The van der Waals surface area contributed by atoms with Crippen molar-refractivity contribution in [2.24, 2.45) is 0 Å². The molecule has 1 saturated heterocycles. The monoisotopic (exact) mass is 622 g/mol. The number of carbonyl (C=O) groups excluding carboxylic acids is 3. The molecule has 45 heavy (non-hydrogen) atoms. The topological polar surface area (TPSA) is 199 Å². The van der Waals surface area contributed by atoms with E-state index in [1.54, 1.807) is 12.1 Å². The second kappa shape index (κ2) is 14.9. The van der Waals surface area contributed by atoms with Gasteiger partial charge in [0, 0.05) is 12.2 Å². The molecule has 13 nitrogen and oxygen atoms in total. The van der Waals surface area contributed by atoms with Crippen molar-refractivity contribution in [3.05, 3.63) is 95.6 Å². The number of ether oxygens (including phenoxy) is 5. The normalized spacial score (nSPS) is 21.4. The van der Waals surface area contributed by atoms with E-state index in [0.717, 1.165) is 12.2 Å². The van der Waals surface area contributed by atoms with Gasteiger partial charge in [-0.3, -0.25) is 0 Å². The molecular formula is C32H30O13. The minimum Gasteiger partial charge on any atom is -0.508 e. The molecular weight excluding hydrogens is 592 g/mol. The SMILES string of the molecule is COc1cc(C=CC(=O)O[C@H]2[C@H](OC(=O)c3ccc(O)cc3)O[C@H](COC(=O)C=Cc3ccc(O)cc3)[C@@H](O)[C@@H]2O)ccc1O. The Morgan fingerprint density at radius 3 is 2.04 bits per heavy atom. The lowest BCUT2D eigenvalue weighted by atomic mass is 9.99. The number of phenols is 3. The third-order valence-electron chi connectivity index (χ3n) is 6.53. The van der Waals surface area contributed by atoms with Crippen LogP contribution in [0.25, 0.3) is 12.2 Å². The summed E-state index contributed by atoms with van der Waals surface area (Å²) in [4.78, 5) is 37.8. The molecule has 0 bridgehead atoms. The van der Waals surface area contributed by atoms with Gasteiger partial charge in [-0.2, -0.15) is 0 Å². The predicted molar refractivity (Wildman–Crippen MR) is 156 cm³/mol. The molecule has 5 atom stereocenters. The number of esters is 3. The molecule has 13 heteroatoms. The first kappa shape index (κ1) is 32.5. The molecule has 3 aromatic carbocycles. The van der Waals surface area contributed by atoms with Gasteiger partial charge >= 0.3 is 17.9 Å². The maximum Gasteiger partial charge on any atom is 0.340 e. The molecule has 5 N–H and O–H groups in total. The lowest BCUT2D eigenvalue weighted by Crippen LogP contribution is -2.61. The molecule has 0 aliphatic carbocycles.